The molecule has 4 aliphatic heterocycles. The van der Waals surface area contributed by atoms with Crippen LogP contribution in [-0.2, 0) is 20.8 Å². The van der Waals surface area contributed by atoms with Crippen LogP contribution in [0.3, 0.4) is 0 Å². The van der Waals surface area contributed by atoms with Gasteiger partial charge in [-0.15, -0.1) is 0 Å². The van der Waals surface area contributed by atoms with Gasteiger partial charge in [-0.2, -0.15) is 0 Å². The highest BCUT2D eigenvalue weighted by molar-refractivity contribution is 7.99. The van der Waals surface area contributed by atoms with Crippen molar-refractivity contribution in [2.24, 2.45) is 11.3 Å². The normalized spacial score (nSPS) is 25.9. The van der Waals surface area contributed by atoms with Crippen LogP contribution in [0.5, 0.6) is 5.75 Å². The molecule has 6 heterocycles. The summed E-state index contributed by atoms with van der Waals surface area (Å²) in [6.07, 6.45) is 5.70. The molecule has 0 aliphatic carbocycles. The molecule has 3 fully saturated rings. The number of methoxy groups -OCH3 is 1. The van der Waals surface area contributed by atoms with Crippen molar-refractivity contribution in [3.05, 3.63) is 24.2 Å². The van der Waals surface area contributed by atoms with Gasteiger partial charge in [-0.1, -0.05) is 11.8 Å². The average Bonchev–Trinajstić information content (AvgIpc) is 3.54. The van der Waals surface area contributed by atoms with E-state index in [9.17, 15) is 9.90 Å². The van der Waals surface area contributed by atoms with Gasteiger partial charge in [-0.25, -0.2) is 19.7 Å². The lowest BCUT2D eigenvalue weighted by atomic mass is 9.73. The Morgan fingerprint density at radius 3 is 2.77 bits per heavy atom. The van der Waals surface area contributed by atoms with Gasteiger partial charge in [0, 0.05) is 44.3 Å². The fraction of sp³-hybridized carbons (Fsp3) is 0.677. The molecule has 0 bridgehead atoms. The summed E-state index contributed by atoms with van der Waals surface area (Å²) in [5, 5.41) is 14.1. The van der Waals surface area contributed by atoms with E-state index in [1.807, 2.05) is 40.0 Å². The van der Waals surface area contributed by atoms with Gasteiger partial charge < -0.3 is 39.2 Å². The van der Waals surface area contributed by atoms with Gasteiger partial charge in [0.25, 0.3) is 0 Å². The van der Waals surface area contributed by atoms with E-state index in [1.165, 1.54) is 11.8 Å². The Kier molecular flexibility index (Phi) is 8.84. The van der Waals surface area contributed by atoms with Crippen LogP contribution in [0.4, 0.5) is 16.4 Å². The maximum absolute atomic E-state index is 12.6. The van der Waals surface area contributed by atoms with Crippen LogP contribution in [0.2, 0.25) is 0 Å². The topological polar surface area (TPSA) is 131 Å². The fourth-order valence-corrected chi connectivity index (χ4v) is 7.91. The molecule has 12 nitrogen and oxygen atoms in total. The highest BCUT2D eigenvalue weighted by Crippen LogP contribution is 2.46. The van der Waals surface area contributed by atoms with Gasteiger partial charge in [-0.3, -0.25) is 0 Å². The first-order valence-electron chi connectivity index (χ1n) is 15.5. The number of pyridine rings is 1. The highest BCUT2D eigenvalue weighted by atomic mass is 32.2. The number of rotatable bonds is 7. The molecule has 3 saturated heterocycles. The summed E-state index contributed by atoms with van der Waals surface area (Å²) in [5.41, 5.74) is -0.216. The van der Waals surface area contributed by atoms with E-state index in [4.69, 9.17) is 28.9 Å². The number of carbonyl (C=O) groups excluding carboxylic acids is 1. The lowest BCUT2D eigenvalue weighted by Crippen LogP contribution is -2.55. The molecule has 4 aliphatic rings. The summed E-state index contributed by atoms with van der Waals surface area (Å²) >= 11 is 1.47. The Bertz CT molecular complexity index is 1350. The number of aliphatic hydroxyl groups excluding tert-OH is 1. The Morgan fingerprint density at radius 1 is 1.25 bits per heavy atom. The zero-order chi connectivity index (χ0) is 31.1. The lowest BCUT2D eigenvalue weighted by Gasteiger charge is -2.43. The molecule has 2 aromatic rings. The predicted molar refractivity (Wildman–Crippen MR) is 165 cm³/mol. The van der Waals surface area contributed by atoms with E-state index >= 15 is 0 Å². The number of hydrogen-bond acceptors (Lipinski definition) is 12. The smallest absolute Gasteiger partial charge is 0.407 e. The van der Waals surface area contributed by atoms with E-state index in [0.717, 1.165) is 48.9 Å². The monoisotopic (exact) mass is 628 g/mol. The molecule has 0 saturated carbocycles. The number of aliphatic hydroxyl groups is 1. The number of carbonyl (C=O) groups is 1. The lowest BCUT2D eigenvalue weighted by molar-refractivity contribution is 0.0434. The number of piperidine rings is 1. The molecule has 0 radical (unpaired) electrons. The van der Waals surface area contributed by atoms with E-state index in [2.05, 4.69) is 20.1 Å². The number of fused-ring (bicyclic) bond motifs is 3. The fourth-order valence-electron chi connectivity index (χ4n) is 7.05. The van der Waals surface area contributed by atoms with Crippen LogP contribution in [-0.4, -0.2) is 96.5 Å². The molecule has 0 aromatic carbocycles. The summed E-state index contributed by atoms with van der Waals surface area (Å²) < 4.78 is 23.2. The molecule has 13 heteroatoms. The van der Waals surface area contributed by atoms with Gasteiger partial charge in [-0.05, 0) is 53.0 Å². The van der Waals surface area contributed by atoms with Gasteiger partial charge >= 0.3 is 6.09 Å². The molecule has 6 rings (SSSR count). The standard InChI is InChI=1S/C31H44N6O6S/c1-19-26(35-29(39)43-30(2,3)4)31(18-42-19)7-10-36(11-8-31)27-22(15-38)34-24(13-33-27)44-23-6-9-32-28-25(23)41-17-21-12-20(16-40-5)14-37(21)28/h6,9,13,19-21,26,38H,7-8,10-12,14-18H2,1-5H3,(H,35,39)/t19-,20?,21-,26+/m0/s1. The third-order valence-corrected chi connectivity index (χ3v) is 10.1. The summed E-state index contributed by atoms with van der Waals surface area (Å²) in [7, 11) is 1.75. The summed E-state index contributed by atoms with van der Waals surface area (Å²) in [4.78, 5) is 32.3. The zero-order valence-electron chi connectivity index (χ0n) is 26.2. The van der Waals surface area contributed by atoms with E-state index in [-0.39, 0.29) is 24.2 Å². The number of hydrogen-bond donors (Lipinski definition) is 2. The molecule has 4 atom stereocenters. The maximum Gasteiger partial charge on any atom is 0.407 e. The summed E-state index contributed by atoms with van der Waals surface area (Å²) in [5.74, 6) is 2.79. The number of nitrogens with one attached hydrogen (secondary N) is 1. The van der Waals surface area contributed by atoms with Crippen molar-refractivity contribution in [1.82, 2.24) is 20.3 Å². The molecular formula is C31H44N6O6S. The Hall–Kier alpha value is -2.87. The first-order valence-corrected chi connectivity index (χ1v) is 16.3. The van der Waals surface area contributed by atoms with Crippen molar-refractivity contribution in [2.75, 3.05) is 56.4 Å². The largest absolute Gasteiger partial charge is 0.486 e. The van der Waals surface area contributed by atoms with Crippen molar-refractivity contribution in [3.63, 3.8) is 0 Å². The van der Waals surface area contributed by atoms with Crippen molar-refractivity contribution < 1.29 is 28.8 Å². The van der Waals surface area contributed by atoms with E-state index in [1.54, 1.807) is 13.3 Å². The van der Waals surface area contributed by atoms with Crippen molar-refractivity contribution in [3.8, 4) is 5.75 Å². The molecule has 44 heavy (non-hydrogen) atoms. The second kappa shape index (κ2) is 12.5. The SMILES string of the molecule is COCC1C[C@H]2COc3c(Sc4cnc(N5CCC6(CC5)CO[C@@H](C)[C@H]6NC(=O)OC(C)(C)C)c(CO)n4)ccnc3N2C1. The number of ether oxygens (including phenoxy) is 4. The second-order valence-electron chi connectivity index (χ2n) is 13.4. The van der Waals surface area contributed by atoms with E-state index < -0.39 is 11.7 Å². The number of aromatic nitrogens is 3. The number of amides is 1. The molecule has 2 N–H and O–H groups in total. The van der Waals surface area contributed by atoms with E-state index in [0.29, 0.717) is 54.8 Å². The third kappa shape index (κ3) is 6.29. The van der Waals surface area contributed by atoms with Crippen molar-refractivity contribution >= 4 is 29.5 Å². The molecule has 2 aromatic heterocycles. The summed E-state index contributed by atoms with van der Waals surface area (Å²) in [6, 6.07) is 2.11. The first-order chi connectivity index (χ1) is 21.1. The second-order valence-corrected chi connectivity index (χ2v) is 14.4. The number of nitrogens with zero attached hydrogens (tertiary/aromatic N) is 5. The van der Waals surface area contributed by atoms with Crippen LogP contribution in [0.15, 0.2) is 28.4 Å². The Labute approximate surface area is 263 Å². The van der Waals surface area contributed by atoms with Gasteiger partial charge in [0.1, 0.15) is 22.9 Å². The van der Waals surface area contributed by atoms with Crippen LogP contribution < -0.4 is 19.9 Å². The Balaban J connectivity index is 1.13. The van der Waals surface area contributed by atoms with Crippen LogP contribution in [0.25, 0.3) is 0 Å². The van der Waals surface area contributed by atoms with Gasteiger partial charge in [0.15, 0.2) is 17.4 Å². The molecular weight excluding hydrogens is 584 g/mol. The third-order valence-electron chi connectivity index (χ3n) is 9.10. The molecule has 1 amide bonds. The Morgan fingerprint density at radius 2 is 2.05 bits per heavy atom. The zero-order valence-corrected chi connectivity index (χ0v) is 27.1. The highest BCUT2D eigenvalue weighted by Gasteiger charge is 2.51. The van der Waals surface area contributed by atoms with Crippen LogP contribution in [0, 0.1) is 11.3 Å². The first kappa shape index (κ1) is 31.1. The minimum absolute atomic E-state index is 0.107. The minimum Gasteiger partial charge on any atom is -0.486 e. The van der Waals surface area contributed by atoms with Gasteiger partial charge in [0.2, 0.25) is 0 Å². The minimum atomic E-state index is -0.568. The quantitative estimate of drug-likeness (QED) is 0.464. The number of alkyl carbamates (subject to hydrolysis) is 1. The van der Waals surface area contributed by atoms with Crippen LogP contribution >= 0.6 is 11.8 Å². The van der Waals surface area contributed by atoms with Gasteiger partial charge in [0.05, 0.1) is 49.1 Å². The molecule has 240 valence electrons. The average molecular weight is 629 g/mol. The van der Waals surface area contributed by atoms with Crippen molar-refractivity contribution in [2.45, 2.75) is 87.3 Å². The van der Waals surface area contributed by atoms with Crippen LogP contribution in [0.1, 0.15) is 52.7 Å². The summed E-state index contributed by atoms with van der Waals surface area (Å²) in [6.45, 7) is 11.6. The molecule has 1 spiro atoms. The molecule has 1 unspecified atom stereocenters. The van der Waals surface area contributed by atoms with Crippen molar-refractivity contribution in [1.29, 1.82) is 0 Å². The maximum atomic E-state index is 12.6. The predicted octanol–water partition coefficient (Wildman–Crippen LogP) is 3.65. The number of anilines is 2.